The van der Waals surface area contributed by atoms with E-state index in [0.717, 1.165) is 25.3 Å². The van der Waals surface area contributed by atoms with E-state index < -0.39 is 5.91 Å². The van der Waals surface area contributed by atoms with Crippen LogP contribution in [0.5, 0.6) is 0 Å². The largest absolute Gasteiger partial charge is 0.366 e. The molecule has 0 aromatic heterocycles. The lowest BCUT2D eigenvalue weighted by atomic mass is 10.1. The number of benzene rings is 1. The van der Waals surface area contributed by atoms with Crippen molar-refractivity contribution in [3.05, 3.63) is 29.8 Å². The predicted octanol–water partition coefficient (Wildman–Crippen LogP) is 2.33. The minimum atomic E-state index is -0.532. The summed E-state index contributed by atoms with van der Waals surface area (Å²) in [6.07, 6.45) is 3.58. The van der Waals surface area contributed by atoms with Crippen LogP contribution in [0.3, 0.4) is 0 Å². The molecule has 126 valence electrons. The number of anilines is 1. The standard InChI is InChI=1S/C17H25N3O2S/c1-2-23-13-7-5-6-10-20(11-13)12-16(21)19-15-9-4-3-8-14(15)17(18)22/h3-4,8-9,13H,2,5-7,10-12H2,1H3,(H2,18,22)(H,19,21)/t13-/m1/s1. The Balaban J connectivity index is 1.95. The van der Waals surface area contributed by atoms with Crippen molar-refractivity contribution >= 4 is 29.3 Å². The van der Waals surface area contributed by atoms with E-state index in [4.69, 9.17) is 5.73 Å². The molecule has 3 N–H and O–H groups in total. The van der Waals surface area contributed by atoms with Gasteiger partial charge in [0.15, 0.2) is 0 Å². The smallest absolute Gasteiger partial charge is 0.250 e. The normalized spacial score (nSPS) is 19.1. The molecule has 2 rings (SSSR count). The highest BCUT2D eigenvalue weighted by Gasteiger charge is 2.20. The number of para-hydroxylation sites is 1. The number of likely N-dealkylation sites (tertiary alicyclic amines) is 1. The van der Waals surface area contributed by atoms with Crippen molar-refractivity contribution in [2.24, 2.45) is 5.73 Å². The van der Waals surface area contributed by atoms with Gasteiger partial charge in [-0.2, -0.15) is 11.8 Å². The highest BCUT2D eigenvalue weighted by atomic mass is 32.2. The first-order chi connectivity index (χ1) is 11.1. The maximum absolute atomic E-state index is 12.3. The molecule has 5 nitrogen and oxygen atoms in total. The van der Waals surface area contributed by atoms with Crippen molar-refractivity contribution in [1.82, 2.24) is 4.90 Å². The zero-order chi connectivity index (χ0) is 16.7. The lowest BCUT2D eigenvalue weighted by Crippen LogP contribution is -2.37. The van der Waals surface area contributed by atoms with Crippen LogP contribution < -0.4 is 11.1 Å². The fraction of sp³-hybridized carbons (Fsp3) is 0.529. The summed E-state index contributed by atoms with van der Waals surface area (Å²) in [5.41, 5.74) is 6.17. The fourth-order valence-corrected chi connectivity index (χ4v) is 4.01. The molecular weight excluding hydrogens is 310 g/mol. The zero-order valence-corrected chi connectivity index (χ0v) is 14.4. The number of thioether (sulfide) groups is 1. The monoisotopic (exact) mass is 335 g/mol. The molecule has 2 amide bonds. The van der Waals surface area contributed by atoms with Crippen molar-refractivity contribution in [2.45, 2.75) is 31.4 Å². The van der Waals surface area contributed by atoms with Gasteiger partial charge in [-0.3, -0.25) is 14.5 Å². The fourth-order valence-electron chi connectivity index (χ4n) is 2.89. The van der Waals surface area contributed by atoms with E-state index in [1.807, 2.05) is 11.8 Å². The van der Waals surface area contributed by atoms with Crippen LogP contribution in [-0.4, -0.2) is 47.4 Å². The second-order valence-electron chi connectivity index (χ2n) is 5.77. The second kappa shape index (κ2) is 8.93. The summed E-state index contributed by atoms with van der Waals surface area (Å²) in [6.45, 7) is 4.43. The number of nitrogens with two attached hydrogens (primary N) is 1. The molecule has 0 saturated carbocycles. The molecule has 1 aliphatic rings. The summed E-state index contributed by atoms with van der Waals surface area (Å²) in [5.74, 6) is 0.479. The Morgan fingerprint density at radius 3 is 2.87 bits per heavy atom. The van der Waals surface area contributed by atoms with Crippen molar-refractivity contribution < 1.29 is 9.59 Å². The summed E-state index contributed by atoms with van der Waals surface area (Å²) < 4.78 is 0. The average molecular weight is 335 g/mol. The van der Waals surface area contributed by atoms with Gasteiger partial charge in [0.2, 0.25) is 5.91 Å². The van der Waals surface area contributed by atoms with Crippen molar-refractivity contribution in [3.63, 3.8) is 0 Å². The molecule has 1 saturated heterocycles. The van der Waals surface area contributed by atoms with E-state index in [2.05, 4.69) is 17.1 Å². The first-order valence-electron chi connectivity index (χ1n) is 8.12. The highest BCUT2D eigenvalue weighted by molar-refractivity contribution is 7.99. The quantitative estimate of drug-likeness (QED) is 0.837. The van der Waals surface area contributed by atoms with Gasteiger partial charge in [0, 0.05) is 11.8 Å². The van der Waals surface area contributed by atoms with Crippen molar-refractivity contribution in [1.29, 1.82) is 0 Å². The van der Waals surface area contributed by atoms with Gasteiger partial charge in [0.05, 0.1) is 17.8 Å². The number of amides is 2. The molecule has 23 heavy (non-hydrogen) atoms. The van der Waals surface area contributed by atoms with Gasteiger partial charge in [-0.1, -0.05) is 25.5 Å². The molecule has 1 heterocycles. The third-order valence-corrected chi connectivity index (χ3v) is 5.14. The number of carbonyl (C=O) groups is 2. The minimum Gasteiger partial charge on any atom is -0.366 e. The molecule has 0 radical (unpaired) electrons. The number of rotatable bonds is 6. The van der Waals surface area contributed by atoms with Crippen LogP contribution in [0.4, 0.5) is 5.69 Å². The summed E-state index contributed by atoms with van der Waals surface area (Å²) in [7, 11) is 0. The summed E-state index contributed by atoms with van der Waals surface area (Å²) in [4.78, 5) is 25.9. The van der Waals surface area contributed by atoms with Crippen LogP contribution in [0.2, 0.25) is 0 Å². The molecule has 1 fully saturated rings. The van der Waals surface area contributed by atoms with Gasteiger partial charge >= 0.3 is 0 Å². The lowest BCUT2D eigenvalue weighted by molar-refractivity contribution is -0.117. The van der Waals surface area contributed by atoms with Gasteiger partial charge in [0.1, 0.15) is 0 Å². The van der Waals surface area contributed by atoms with E-state index in [1.54, 1.807) is 24.3 Å². The molecule has 6 heteroatoms. The van der Waals surface area contributed by atoms with E-state index in [0.29, 0.717) is 23.0 Å². The molecule has 0 unspecified atom stereocenters. The third-order valence-electron chi connectivity index (χ3n) is 3.95. The summed E-state index contributed by atoms with van der Waals surface area (Å²) in [5, 5.41) is 3.42. The molecule has 1 atom stereocenters. The Bertz CT molecular complexity index is 550. The van der Waals surface area contributed by atoms with Gasteiger partial charge < -0.3 is 11.1 Å². The van der Waals surface area contributed by atoms with Crippen molar-refractivity contribution in [2.75, 3.05) is 30.7 Å². The molecule has 1 aliphatic heterocycles. The molecule has 0 spiro atoms. The van der Waals surface area contributed by atoms with Crippen LogP contribution in [0.1, 0.15) is 36.5 Å². The van der Waals surface area contributed by atoms with Crippen molar-refractivity contribution in [3.8, 4) is 0 Å². The molecule has 0 aliphatic carbocycles. The van der Waals surface area contributed by atoms with Crippen LogP contribution in [0, 0.1) is 0 Å². The van der Waals surface area contributed by atoms with Gasteiger partial charge in [0.25, 0.3) is 5.91 Å². The van der Waals surface area contributed by atoms with Crippen LogP contribution in [0.15, 0.2) is 24.3 Å². The topological polar surface area (TPSA) is 75.4 Å². The van der Waals surface area contributed by atoms with Crippen LogP contribution in [0.25, 0.3) is 0 Å². The van der Waals surface area contributed by atoms with Crippen LogP contribution >= 0.6 is 11.8 Å². The minimum absolute atomic E-state index is 0.0964. The Labute approximate surface area is 142 Å². The maximum Gasteiger partial charge on any atom is 0.250 e. The first kappa shape index (κ1) is 17.8. The van der Waals surface area contributed by atoms with Crippen LogP contribution in [-0.2, 0) is 4.79 Å². The predicted molar refractivity (Wildman–Crippen MR) is 95.8 cm³/mol. The number of primary amides is 1. The van der Waals surface area contributed by atoms with Gasteiger partial charge in [-0.05, 0) is 37.3 Å². The number of hydrogen-bond donors (Lipinski definition) is 2. The number of nitrogens with one attached hydrogen (secondary N) is 1. The SMILES string of the molecule is CCS[C@@H]1CCCCN(CC(=O)Nc2ccccc2C(N)=O)C1. The lowest BCUT2D eigenvalue weighted by Gasteiger charge is -2.23. The zero-order valence-electron chi connectivity index (χ0n) is 13.6. The molecule has 0 bridgehead atoms. The van der Waals surface area contributed by atoms with Gasteiger partial charge in [-0.25, -0.2) is 0 Å². The second-order valence-corrected chi connectivity index (χ2v) is 7.34. The molecular formula is C17H25N3O2S. The van der Waals surface area contributed by atoms with Gasteiger partial charge in [-0.15, -0.1) is 0 Å². The summed E-state index contributed by atoms with van der Waals surface area (Å²) >= 11 is 1.97. The highest BCUT2D eigenvalue weighted by Crippen LogP contribution is 2.22. The Kier molecular flexibility index (Phi) is 6.92. The van der Waals surface area contributed by atoms with E-state index >= 15 is 0 Å². The summed E-state index contributed by atoms with van der Waals surface area (Å²) in [6, 6.07) is 6.84. The van der Waals surface area contributed by atoms with E-state index in [1.165, 1.54) is 12.8 Å². The Morgan fingerprint density at radius 2 is 2.13 bits per heavy atom. The van der Waals surface area contributed by atoms with E-state index in [-0.39, 0.29) is 5.91 Å². The number of carbonyl (C=O) groups excluding carboxylic acids is 2. The first-order valence-corrected chi connectivity index (χ1v) is 9.17. The maximum atomic E-state index is 12.3. The molecule has 1 aromatic rings. The number of hydrogen-bond acceptors (Lipinski definition) is 4. The number of nitrogens with zero attached hydrogens (tertiary/aromatic N) is 1. The Morgan fingerprint density at radius 1 is 1.35 bits per heavy atom. The average Bonchev–Trinajstić information content (AvgIpc) is 2.73. The third kappa shape index (κ3) is 5.55. The molecule has 1 aromatic carbocycles. The Hall–Kier alpha value is -1.53. The van der Waals surface area contributed by atoms with E-state index in [9.17, 15) is 9.59 Å².